The molecule has 0 bridgehead atoms. The number of hydrogen-bond acceptors (Lipinski definition) is 3. The summed E-state index contributed by atoms with van der Waals surface area (Å²) in [5.74, 6) is 0.965. The van der Waals surface area contributed by atoms with E-state index in [0.29, 0.717) is 0 Å². The van der Waals surface area contributed by atoms with Crippen LogP contribution in [-0.4, -0.2) is 60.1 Å². The molecule has 3 atom stereocenters. The molecule has 3 saturated heterocycles. The van der Waals surface area contributed by atoms with E-state index in [-0.39, 0.29) is 0 Å². The Bertz CT molecular complexity index is 327. The van der Waals surface area contributed by atoms with Crippen molar-refractivity contribution in [2.75, 3.05) is 26.2 Å². The van der Waals surface area contributed by atoms with E-state index in [1.807, 2.05) is 0 Å². The Balaban J connectivity index is 1.28. The molecule has 1 saturated carbocycles. The predicted molar refractivity (Wildman–Crippen MR) is 82.9 cm³/mol. The zero-order chi connectivity index (χ0) is 13.5. The van der Waals surface area contributed by atoms with Gasteiger partial charge in [-0.15, -0.1) is 0 Å². The normalized spacial score (nSPS) is 41.5. The monoisotopic (exact) mass is 277 g/mol. The Morgan fingerprint density at radius 2 is 1.75 bits per heavy atom. The molecule has 3 heteroatoms. The fraction of sp³-hybridized carbons (Fsp3) is 1.00. The minimum Gasteiger partial charge on any atom is -0.314 e. The molecule has 0 aromatic heterocycles. The van der Waals surface area contributed by atoms with Gasteiger partial charge in [-0.3, -0.25) is 9.80 Å². The van der Waals surface area contributed by atoms with E-state index in [1.54, 1.807) is 0 Å². The summed E-state index contributed by atoms with van der Waals surface area (Å²) in [5.41, 5.74) is 0. The van der Waals surface area contributed by atoms with E-state index in [2.05, 4.69) is 22.0 Å². The zero-order valence-corrected chi connectivity index (χ0v) is 13.1. The molecule has 3 aliphatic heterocycles. The molecule has 3 unspecified atom stereocenters. The van der Waals surface area contributed by atoms with Gasteiger partial charge < -0.3 is 5.32 Å². The number of rotatable bonds is 3. The SMILES string of the molecule is CC1CC(N2CCC(C3CCCN3)CC2)CN1C1CC1. The molecule has 4 fully saturated rings. The zero-order valence-electron chi connectivity index (χ0n) is 13.1. The van der Waals surface area contributed by atoms with Crippen molar-refractivity contribution in [1.82, 2.24) is 15.1 Å². The van der Waals surface area contributed by atoms with Crippen LogP contribution in [0.25, 0.3) is 0 Å². The van der Waals surface area contributed by atoms with Crippen molar-refractivity contribution in [3.8, 4) is 0 Å². The maximum atomic E-state index is 3.72. The van der Waals surface area contributed by atoms with Gasteiger partial charge in [0.25, 0.3) is 0 Å². The first-order valence-corrected chi connectivity index (χ1v) is 9.04. The van der Waals surface area contributed by atoms with Gasteiger partial charge in [-0.1, -0.05) is 0 Å². The summed E-state index contributed by atoms with van der Waals surface area (Å²) in [6.07, 6.45) is 10.1. The van der Waals surface area contributed by atoms with E-state index in [0.717, 1.165) is 30.1 Å². The molecule has 3 nitrogen and oxygen atoms in total. The topological polar surface area (TPSA) is 18.5 Å². The molecular weight excluding hydrogens is 246 g/mol. The Hall–Kier alpha value is -0.120. The highest BCUT2D eigenvalue weighted by atomic mass is 15.3. The number of nitrogens with one attached hydrogen (secondary N) is 1. The van der Waals surface area contributed by atoms with Gasteiger partial charge >= 0.3 is 0 Å². The van der Waals surface area contributed by atoms with Gasteiger partial charge in [0.2, 0.25) is 0 Å². The molecule has 4 aliphatic rings. The minimum absolute atomic E-state index is 0.835. The number of nitrogens with zero attached hydrogens (tertiary/aromatic N) is 2. The molecule has 0 amide bonds. The first-order valence-electron chi connectivity index (χ1n) is 9.04. The molecule has 1 N–H and O–H groups in total. The van der Waals surface area contributed by atoms with Gasteiger partial charge in [0.05, 0.1) is 0 Å². The lowest BCUT2D eigenvalue weighted by atomic mass is 9.88. The molecule has 0 aromatic rings. The second-order valence-electron chi connectivity index (χ2n) is 7.74. The van der Waals surface area contributed by atoms with E-state index in [1.165, 1.54) is 71.1 Å². The molecule has 114 valence electrons. The Morgan fingerprint density at radius 3 is 2.40 bits per heavy atom. The highest BCUT2D eigenvalue weighted by molar-refractivity contribution is 4.98. The lowest BCUT2D eigenvalue weighted by molar-refractivity contribution is 0.119. The molecule has 0 aromatic carbocycles. The summed E-state index contributed by atoms with van der Waals surface area (Å²) in [6.45, 7) is 7.80. The van der Waals surface area contributed by atoms with Crippen LogP contribution >= 0.6 is 0 Å². The number of hydrogen-bond donors (Lipinski definition) is 1. The van der Waals surface area contributed by atoms with Crippen molar-refractivity contribution in [1.29, 1.82) is 0 Å². The van der Waals surface area contributed by atoms with Crippen LogP contribution in [0.4, 0.5) is 0 Å². The van der Waals surface area contributed by atoms with E-state index >= 15 is 0 Å². The van der Waals surface area contributed by atoms with Gasteiger partial charge in [-0.05, 0) is 77.4 Å². The number of likely N-dealkylation sites (tertiary alicyclic amines) is 2. The van der Waals surface area contributed by atoms with E-state index < -0.39 is 0 Å². The van der Waals surface area contributed by atoms with Crippen molar-refractivity contribution in [3.63, 3.8) is 0 Å². The van der Waals surface area contributed by atoms with Crippen molar-refractivity contribution in [3.05, 3.63) is 0 Å². The maximum Gasteiger partial charge on any atom is 0.0238 e. The van der Waals surface area contributed by atoms with Crippen LogP contribution in [0.15, 0.2) is 0 Å². The Kier molecular flexibility index (Phi) is 3.78. The third kappa shape index (κ3) is 2.65. The molecule has 1 aliphatic carbocycles. The van der Waals surface area contributed by atoms with Crippen LogP contribution in [-0.2, 0) is 0 Å². The summed E-state index contributed by atoms with van der Waals surface area (Å²) in [5, 5.41) is 3.72. The summed E-state index contributed by atoms with van der Waals surface area (Å²) in [7, 11) is 0. The highest BCUT2D eigenvalue weighted by Gasteiger charge is 2.41. The fourth-order valence-corrected chi connectivity index (χ4v) is 5.01. The molecule has 0 spiro atoms. The predicted octanol–water partition coefficient (Wildman–Crippen LogP) is 2.08. The average Bonchev–Trinajstić information content (AvgIpc) is 3.02. The summed E-state index contributed by atoms with van der Waals surface area (Å²) >= 11 is 0. The summed E-state index contributed by atoms with van der Waals surface area (Å²) in [4.78, 5) is 5.62. The van der Waals surface area contributed by atoms with Gasteiger partial charge in [-0.2, -0.15) is 0 Å². The fourth-order valence-electron chi connectivity index (χ4n) is 5.01. The standard InChI is InChI=1S/C17H31N3/c1-13-11-16(12-20(13)15-4-5-15)19-9-6-14(7-10-19)17-3-2-8-18-17/h13-18H,2-12H2,1H3. The van der Waals surface area contributed by atoms with Crippen LogP contribution in [0, 0.1) is 5.92 Å². The highest BCUT2D eigenvalue weighted by Crippen LogP contribution is 2.36. The van der Waals surface area contributed by atoms with Gasteiger partial charge in [0.1, 0.15) is 0 Å². The lowest BCUT2D eigenvalue weighted by Gasteiger charge is -2.38. The maximum absolute atomic E-state index is 3.72. The van der Waals surface area contributed by atoms with Crippen LogP contribution in [0.2, 0.25) is 0 Å². The molecular formula is C17H31N3. The second-order valence-corrected chi connectivity index (χ2v) is 7.74. The van der Waals surface area contributed by atoms with Crippen molar-refractivity contribution >= 4 is 0 Å². The molecule has 20 heavy (non-hydrogen) atoms. The van der Waals surface area contributed by atoms with Crippen LogP contribution in [0.1, 0.15) is 51.9 Å². The molecule has 0 radical (unpaired) electrons. The second kappa shape index (κ2) is 5.58. The van der Waals surface area contributed by atoms with E-state index in [9.17, 15) is 0 Å². The summed E-state index contributed by atoms with van der Waals surface area (Å²) < 4.78 is 0. The molecule has 4 rings (SSSR count). The van der Waals surface area contributed by atoms with Gasteiger partial charge in [0.15, 0.2) is 0 Å². The Morgan fingerprint density at radius 1 is 0.950 bits per heavy atom. The average molecular weight is 277 g/mol. The number of piperidine rings is 1. The van der Waals surface area contributed by atoms with Crippen LogP contribution in [0.5, 0.6) is 0 Å². The van der Waals surface area contributed by atoms with Gasteiger partial charge in [-0.25, -0.2) is 0 Å². The third-order valence-electron chi connectivity index (χ3n) is 6.37. The minimum atomic E-state index is 0.835. The first kappa shape index (κ1) is 13.5. The first-order chi connectivity index (χ1) is 9.81. The Labute approximate surface area is 124 Å². The quantitative estimate of drug-likeness (QED) is 0.852. The van der Waals surface area contributed by atoms with Crippen molar-refractivity contribution in [2.45, 2.75) is 76.0 Å². The van der Waals surface area contributed by atoms with Gasteiger partial charge in [0, 0.05) is 30.7 Å². The smallest absolute Gasteiger partial charge is 0.0238 e. The molecule has 3 heterocycles. The van der Waals surface area contributed by atoms with E-state index in [4.69, 9.17) is 0 Å². The summed E-state index contributed by atoms with van der Waals surface area (Å²) in [6, 6.07) is 3.50. The van der Waals surface area contributed by atoms with Crippen LogP contribution in [0.3, 0.4) is 0 Å². The third-order valence-corrected chi connectivity index (χ3v) is 6.37. The largest absolute Gasteiger partial charge is 0.314 e. The lowest BCUT2D eigenvalue weighted by Crippen LogP contribution is -2.46. The van der Waals surface area contributed by atoms with Crippen LogP contribution < -0.4 is 5.32 Å². The van der Waals surface area contributed by atoms with Crippen molar-refractivity contribution < 1.29 is 0 Å². The van der Waals surface area contributed by atoms with Crippen molar-refractivity contribution in [2.24, 2.45) is 5.92 Å².